The molecule has 17 heavy (non-hydrogen) atoms. The number of aromatic nitrogens is 4. The molecule has 0 aliphatic rings. The third-order valence-corrected chi connectivity index (χ3v) is 3.01. The molecule has 0 aliphatic heterocycles. The summed E-state index contributed by atoms with van der Waals surface area (Å²) in [6.45, 7) is 2.76. The molecule has 0 radical (unpaired) electrons. The summed E-state index contributed by atoms with van der Waals surface area (Å²) in [5.41, 5.74) is 2.25. The Labute approximate surface area is 108 Å². The van der Waals surface area contributed by atoms with Gasteiger partial charge in [0.15, 0.2) is 5.82 Å². The van der Waals surface area contributed by atoms with Gasteiger partial charge in [0, 0.05) is 4.47 Å². The van der Waals surface area contributed by atoms with Crippen molar-refractivity contribution in [3.8, 4) is 5.69 Å². The van der Waals surface area contributed by atoms with E-state index in [0.717, 1.165) is 22.4 Å². The maximum atomic E-state index is 4.04. The Bertz CT molecular complexity index is 508. The van der Waals surface area contributed by atoms with Crippen LogP contribution in [0.1, 0.15) is 18.3 Å². The van der Waals surface area contributed by atoms with E-state index in [9.17, 15) is 0 Å². The lowest BCUT2D eigenvalue weighted by molar-refractivity contribution is 0.704. The molecule has 1 heterocycles. The number of hydrogen-bond donors (Lipinski definition) is 1. The van der Waals surface area contributed by atoms with Gasteiger partial charge >= 0.3 is 0 Å². The molecule has 0 aliphatic carbocycles. The van der Waals surface area contributed by atoms with Crippen LogP contribution in [-0.2, 0) is 13.0 Å². The molecule has 6 heteroatoms. The minimum absolute atomic E-state index is 0.645. The molecule has 2 rings (SSSR count). The average Bonchev–Trinajstić information content (AvgIpc) is 2.77. The van der Waals surface area contributed by atoms with Gasteiger partial charge in [0.1, 0.15) is 0 Å². The lowest BCUT2D eigenvalue weighted by Gasteiger charge is -2.09. The van der Waals surface area contributed by atoms with E-state index < -0.39 is 0 Å². The van der Waals surface area contributed by atoms with Gasteiger partial charge in [-0.3, -0.25) is 0 Å². The largest absolute Gasteiger partial charge is 0.313 e. The molecule has 1 aromatic carbocycles. The Morgan fingerprint density at radius 2 is 2.24 bits per heavy atom. The number of benzene rings is 1. The normalized spacial score (nSPS) is 10.8. The van der Waals surface area contributed by atoms with Crippen molar-refractivity contribution in [2.75, 3.05) is 7.05 Å². The van der Waals surface area contributed by atoms with Crippen molar-refractivity contribution in [3.63, 3.8) is 0 Å². The van der Waals surface area contributed by atoms with Crippen molar-refractivity contribution < 1.29 is 0 Å². The van der Waals surface area contributed by atoms with Crippen LogP contribution < -0.4 is 5.32 Å². The number of nitrogens with one attached hydrogen (secondary N) is 1. The maximum absolute atomic E-state index is 4.04. The molecule has 0 spiro atoms. The van der Waals surface area contributed by atoms with Crippen molar-refractivity contribution in [1.82, 2.24) is 25.5 Å². The van der Waals surface area contributed by atoms with Crippen molar-refractivity contribution in [2.45, 2.75) is 19.9 Å². The fourth-order valence-electron chi connectivity index (χ4n) is 1.71. The van der Waals surface area contributed by atoms with E-state index in [-0.39, 0.29) is 0 Å². The summed E-state index contributed by atoms with van der Waals surface area (Å²) in [6.07, 6.45) is 0.938. The molecule has 5 nitrogen and oxygen atoms in total. The molecule has 90 valence electrons. The zero-order chi connectivity index (χ0) is 12.3. The van der Waals surface area contributed by atoms with Gasteiger partial charge in [0.05, 0.1) is 12.2 Å². The monoisotopic (exact) mass is 295 g/mol. The van der Waals surface area contributed by atoms with Crippen LogP contribution in [0.3, 0.4) is 0 Å². The SMILES string of the molecule is CCc1cc(Br)ccc1-n1nnnc1CNC. The molecule has 0 saturated heterocycles. The fourth-order valence-corrected chi connectivity index (χ4v) is 2.11. The second kappa shape index (κ2) is 5.37. The van der Waals surface area contributed by atoms with Crippen LogP contribution in [0.15, 0.2) is 22.7 Å². The summed E-state index contributed by atoms with van der Waals surface area (Å²) < 4.78 is 2.85. The lowest BCUT2D eigenvalue weighted by Crippen LogP contribution is -2.13. The Balaban J connectivity index is 2.48. The number of rotatable bonds is 4. The zero-order valence-corrected chi connectivity index (χ0v) is 11.4. The second-order valence-electron chi connectivity index (χ2n) is 3.66. The fraction of sp³-hybridized carbons (Fsp3) is 0.364. The lowest BCUT2D eigenvalue weighted by atomic mass is 10.1. The molecule has 0 unspecified atom stereocenters. The maximum Gasteiger partial charge on any atom is 0.170 e. The molecule has 0 saturated carbocycles. The van der Waals surface area contributed by atoms with Crippen LogP contribution in [0, 0.1) is 0 Å². The molecule has 0 amide bonds. The van der Waals surface area contributed by atoms with Gasteiger partial charge in [-0.05, 0) is 47.7 Å². The Hall–Kier alpha value is -1.27. The second-order valence-corrected chi connectivity index (χ2v) is 4.58. The van der Waals surface area contributed by atoms with E-state index >= 15 is 0 Å². The summed E-state index contributed by atoms with van der Waals surface area (Å²) in [7, 11) is 1.88. The van der Waals surface area contributed by atoms with Crippen LogP contribution in [0.4, 0.5) is 0 Å². The average molecular weight is 296 g/mol. The van der Waals surface area contributed by atoms with Gasteiger partial charge in [-0.25, -0.2) is 0 Å². The van der Waals surface area contributed by atoms with E-state index in [2.05, 4.69) is 49.8 Å². The van der Waals surface area contributed by atoms with Crippen LogP contribution >= 0.6 is 15.9 Å². The zero-order valence-electron chi connectivity index (χ0n) is 9.81. The molecule has 1 aromatic heterocycles. The Morgan fingerprint density at radius 1 is 1.41 bits per heavy atom. The summed E-state index contributed by atoms with van der Waals surface area (Å²) in [4.78, 5) is 0. The van der Waals surface area contributed by atoms with E-state index in [1.807, 2.05) is 19.2 Å². The Kier molecular flexibility index (Phi) is 3.86. The predicted octanol–water partition coefficient (Wildman–Crippen LogP) is 1.71. The van der Waals surface area contributed by atoms with Gasteiger partial charge < -0.3 is 5.32 Å². The standard InChI is InChI=1S/C11H14BrN5/c1-3-8-6-9(12)4-5-10(8)17-11(7-13-2)14-15-16-17/h4-6,13H,3,7H2,1-2H3. The van der Waals surface area contributed by atoms with Crippen molar-refractivity contribution in [2.24, 2.45) is 0 Å². The smallest absolute Gasteiger partial charge is 0.170 e. The third kappa shape index (κ3) is 2.53. The summed E-state index contributed by atoms with van der Waals surface area (Å²) >= 11 is 3.48. The number of hydrogen-bond acceptors (Lipinski definition) is 4. The van der Waals surface area contributed by atoms with Crippen molar-refractivity contribution in [3.05, 3.63) is 34.1 Å². The van der Waals surface area contributed by atoms with Gasteiger partial charge in [-0.15, -0.1) is 5.10 Å². The van der Waals surface area contributed by atoms with Crippen LogP contribution in [-0.4, -0.2) is 27.3 Å². The highest BCUT2D eigenvalue weighted by atomic mass is 79.9. The first-order chi connectivity index (χ1) is 8.26. The quantitative estimate of drug-likeness (QED) is 0.933. The van der Waals surface area contributed by atoms with Gasteiger partial charge in [0.25, 0.3) is 0 Å². The topological polar surface area (TPSA) is 55.6 Å². The van der Waals surface area contributed by atoms with Gasteiger partial charge in [0.2, 0.25) is 0 Å². The molecule has 0 fully saturated rings. The highest BCUT2D eigenvalue weighted by Crippen LogP contribution is 2.20. The number of aryl methyl sites for hydroxylation is 1. The van der Waals surface area contributed by atoms with Gasteiger partial charge in [-0.1, -0.05) is 22.9 Å². The highest BCUT2D eigenvalue weighted by molar-refractivity contribution is 9.10. The van der Waals surface area contributed by atoms with Crippen LogP contribution in [0.25, 0.3) is 5.69 Å². The van der Waals surface area contributed by atoms with E-state index in [1.54, 1.807) is 4.68 Å². The molecule has 0 bridgehead atoms. The third-order valence-electron chi connectivity index (χ3n) is 2.52. The number of halogens is 1. The molecular weight excluding hydrogens is 282 g/mol. The molecular formula is C11H14BrN5. The predicted molar refractivity (Wildman–Crippen MR) is 69.0 cm³/mol. The van der Waals surface area contributed by atoms with Crippen LogP contribution in [0.2, 0.25) is 0 Å². The molecule has 2 aromatic rings. The molecule has 1 N–H and O–H groups in total. The van der Waals surface area contributed by atoms with Crippen LogP contribution in [0.5, 0.6) is 0 Å². The van der Waals surface area contributed by atoms with Crippen molar-refractivity contribution in [1.29, 1.82) is 0 Å². The first-order valence-electron chi connectivity index (χ1n) is 5.47. The summed E-state index contributed by atoms with van der Waals surface area (Å²) in [6, 6.07) is 6.12. The minimum atomic E-state index is 0.645. The first-order valence-corrected chi connectivity index (χ1v) is 6.26. The van der Waals surface area contributed by atoms with Crippen molar-refractivity contribution >= 4 is 15.9 Å². The van der Waals surface area contributed by atoms with E-state index in [4.69, 9.17) is 0 Å². The highest BCUT2D eigenvalue weighted by Gasteiger charge is 2.10. The summed E-state index contributed by atoms with van der Waals surface area (Å²) in [5, 5.41) is 14.8. The number of tetrazole rings is 1. The van der Waals surface area contributed by atoms with E-state index in [0.29, 0.717) is 6.54 Å². The Morgan fingerprint density at radius 3 is 2.94 bits per heavy atom. The van der Waals surface area contributed by atoms with Gasteiger partial charge in [-0.2, -0.15) is 4.68 Å². The van der Waals surface area contributed by atoms with E-state index in [1.165, 1.54) is 5.56 Å². The molecule has 0 atom stereocenters. The summed E-state index contributed by atoms with van der Waals surface area (Å²) in [5.74, 6) is 0.810. The first kappa shape index (κ1) is 12.2. The number of nitrogens with zero attached hydrogens (tertiary/aromatic N) is 4. The minimum Gasteiger partial charge on any atom is -0.313 e.